The van der Waals surface area contributed by atoms with Crippen LogP contribution in [0.3, 0.4) is 0 Å². The maximum atomic E-state index is 2.28. The van der Waals surface area contributed by atoms with E-state index in [1.54, 1.807) is 0 Å². The first-order valence-corrected chi connectivity index (χ1v) is 11.9. The van der Waals surface area contributed by atoms with Gasteiger partial charge in [-0.05, 0) is 35.1 Å². The van der Waals surface area contributed by atoms with Crippen LogP contribution in [-0.4, -0.2) is 0 Å². The van der Waals surface area contributed by atoms with Crippen molar-refractivity contribution in [2.24, 2.45) is 0 Å². The summed E-state index contributed by atoms with van der Waals surface area (Å²) in [6.45, 7) is 6.09. The summed E-state index contributed by atoms with van der Waals surface area (Å²) in [7, 11) is 0. The third-order valence-corrected chi connectivity index (χ3v) is 5.56. The summed E-state index contributed by atoms with van der Waals surface area (Å²) in [5.74, 6) is 0. The van der Waals surface area contributed by atoms with Crippen molar-refractivity contribution in [1.29, 1.82) is 0 Å². The van der Waals surface area contributed by atoms with E-state index in [0.29, 0.717) is 0 Å². The lowest BCUT2D eigenvalue weighted by Crippen LogP contribution is -2.33. The van der Waals surface area contributed by atoms with Crippen LogP contribution < -0.4 is 9.13 Å². The van der Waals surface area contributed by atoms with Gasteiger partial charge in [-0.1, -0.05) is 74.5 Å². The Kier molecular flexibility index (Phi) is 9.67. The lowest BCUT2D eigenvalue weighted by atomic mass is 10.1. The molecule has 0 amide bonds. The molecule has 0 spiro atoms. The van der Waals surface area contributed by atoms with E-state index in [1.165, 1.54) is 22.3 Å². The molecule has 2 nitrogen and oxygen atoms in total. The zero-order valence-corrected chi connectivity index (χ0v) is 19.5. The molecule has 4 aromatic rings. The van der Waals surface area contributed by atoms with E-state index in [-0.39, 0.29) is 0 Å². The Hall–Kier alpha value is -3.26. The average Bonchev–Trinajstić information content (AvgIpc) is 2.88. The van der Waals surface area contributed by atoms with Gasteiger partial charge in [0.25, 0.3) is 0 Å². The predicted octanol–water partition coefficient (Wildman–Crippen LogP) is 6.22. The SMILES string of the molecule is CC.c1ccc(CCC[n+]2ccc(-c3cc[n+](CCCc4ccccc4)cc3)cc2)cc1. The molecule has 0 unspecified atom stereocenters. The summed E-state index contributed by atoms with van der Waals surface area (Å²) in [5, 5.41) is 0. The molecule has 2 aromatic carbocycles. The largest absolute Gasteiger partial charge is 0.205 e. The Morgan fingerprint density at radius 2 is 0.812 bits per heavy atom. The summed E-state index contributed by atoms with van der Waals surface area (Å²) >= 11 is 0. The molecule has 0 aliphatic rings. The Morgan fingerprint density at radius 3 is 1.16 bits per heavy atom. The van der Waals surface area contributed by atoms with E-state index in [9.17, 15) is 0 Å². The van der Waals surface area contributed by atoms with Crippen molar-refractivity contribution < 1.29 is 9.13 Å². The monoisotopic (exact) mass is 424 g/mol. The molecule has 0 radical (unpaired) electrons. The topological polar surface area (TPSA) is 7.76 Å². The van der Waals surface area contributed by atoms with Crippen LogP contribution >= 0.6 is 0 Å². The molecule has 0 atom stereocenters. The van der Waals surface area contributed by atoms with Gasteiger partial charge in [0.1, 0.15) is 13.1 Å². The molecule has 0 fully saturated rings. The first-order chi connectivity index (χ1) is 15.9. The molecular weight excluding hydrogens is 388 g/mol. The highest BCUT2D eigenvalue weighted by atomic mass is 14.9. The number of pyridine rings is 2. The van der Waals surface area contributed by atoms with Gasteiger partial charge in [-0.3, -0.25) is 0 Å². The zero-order chi connectivity index (χ0) is 22.4. The van der Waals surface area contributed by atoms with Gasteiger partial charge in [0, 0.05) is 37.1 Å². The maximum absolute atomic E-state index is 2.28. The Balaban J connectivity index is 0.00000141. The van der Waals surface area contributed by atoms with Crippen molar-refractivity contribution in [2.45, 2.75) is 52.6 Å². The van der Waals surface area contributed by atoms with Crippen molar-refractivity contribution in [3.63, 3.8) is 0 Å². The molecule has 2 aromatic heterocycles. The fourth-order valence-electron chi connectivity index (χ4n) is 3.82. The van der Waals surface area contributed by atoms with Gasteiger partial charge in [0.15, 0.2) is 24.8 Å². The zero-order valence-electron chi connectivity index (χ0n) is 19.5. The molecule has 2 heteroatoms. The second-order valence-electron chi connectivity index (χ2n) is 7.83. The van der Waals surface area contributed by atoms with E-state index in [1.807, 2.05) is 13.8 Å². The number of aromatic nitrogens is 2. The van der Waals surface area contributed by atoms with Gasteiger partial charge in [-0.2, -0.15) is 0 Å². The molecule has 0 aliphatic carbocycles. The van der Waals surface area contributed by atoms with Crippen molar-refractivity contribution in [2.75, 3.05) is 0 Å². The lowest BCUT2D eigenvalue weighted by molar-refractivity contribution is -0.697. The molecule has 4 rings (SSSR count). The molecule has 0 bridgehead atoms. The molecule has 0 N–H and O–H groups in total. The normalized spacial score (nSPS) is 10.3. The highest BCUT2D eigenvalue weighted by Gasteiger charge is 2.06. The number of benzene rings is 2. The minimum Gasteiger partial charge on any atom is -0.205 e. The molecule has 164 valence electrons. The fraction of sp³-hybridized carbons (Fsp3) is 0.267. The molecule has 0 aliphatic heterocycles. The summed E-state index contributed by atoms with van der Waals surface area (Å²) in [4.78, 5) is 0. The smallest absolute Gasteiger partial charge is 0.169 e. The van der Waals surface area contributed by atoms with Crippen LogP contribution in [0.1, 0.15) is 37.8 Å². The predicted molar refractivity (Wildman–Crippen MR) is 133 cm³/mol. The third-order valence-electron chi connectivity index (χ3n) is 5.56. The van der Waals surface area contributed by atoms with E-state index < -0.39 is 0 Å². The van der Waals surface area contributed by atoms with Crippen LogP contribution in [0.5, 0.6) is 0 Å². The van der Waals surface area contributed by atoms with Gasteiger partial charge < -0.3 is 0 Å². The molecule has 2 heterocycles. The first-order valence-electron chi connectivity index (χ1n) is 11.9. The second-order valence-corrected chi connectivity index (χ2v) is 7.83. The van der Waals surface area contributed by atoms with Crippen LogP contribution in [0.15, 0.2) is 110 Å². The van der Waals surface area contributed by atoms with Crippen molar-refractivity contribution in [3.05, 3.63) is 121 Å². The van der Waals surface area contributed by atoms with Gasteiger partial charge in [0.2, 0.25) is 0 Å². The number of aryl methyl sites for hydroxylation is 4. The van der Waals surface area contributed by atoms with Crippen LogP contribution in [0.4, 0.5) is 0 Å². The lowest BCUT2D eigenvalue weighted by Gasteiger charge is -2.03. The molecule has 0 saturated carbocycles. The van der Waals surface area contributed by atoms with Crippen LogP contribution in [0.2, 0.25) is 0 Å². The molecule has 0 saturated heterocycles. The third kappa shape index (κ3) is 7.46. The minimum atomic E-state index is 1.05. The number of hydrogen-bond acceptors (Lipinski definition) is 0. The first kappa shape index (κ1) is 23.4. The van der Waals surface area contributed by atoms with Crippen LogP contribution in [0.25, 0.3) is 11.1 Å². The number of nitrogens with zero attached hydrogens (tertiary/aromatic N) is 2. The highest BCUT2D eigenvalue weighted by molar-refractivity contribution is 5.60. The summed E-state index contributed by atoms with van der Waals surface area (Å²) < 4.78 is 4.55. The standard InChI is InChI=1S/C28H30N2.C2H6/c1-3-9-25(10-4-1)13-7-19-29-21-15-27(16-22-29)28-17-23-30(24-18-28)20-8-14-26-11-5-2-6-12-26;1-2/h1-6,9-12,15-18,21-24H,7-8,13-14,19-20H2;1-2H3/q+2;. The molecular formula is C30H36N2+2. The van der Waals surface area contributed by atoms with Crippen LogP contribution in [0, 0.1) is 0 Å². The Bertz CT molecular complexity index is 921. The van der Waals surface area contributed by atoms with Crippen molar-refractivity contribution in [3.8, 4) is 11.1 Å². The highest BCUT2D eigenvalue weighted by Crippen LogP contribution is 2.15. The van der Waals surface area contributed by atoms with Gasteiger partial charge in [-0.15, -0.1) is 0 Å². The second kappa shape index (κ2) is 13.2. The van der Waals surface area contributed by atoms with Gasteiger partial charge in [-0.25, -0.2) is 9.13 Å². The van der Waals surface area contributed by atoms with E-state index in [2.05, 4.69) is 119 Å². The quantitative estimate of drug-likeness (QED) is 0.282. The maximum Gasteiger partial charge on any atom is 0.169 e. The van der Waals surface area contributed by atoms with E-state index in [0.717, 1.165) is 38.8 Å². The number of hydrogen-bond donors (Lipinski definition) is 0. The van der Waals surface area contributed by atoms with Crippen molar-refractivity contribution in [1.82, 2.24) is 0 Å². The Morgan fingerprint density at radius 1 is 0.469 bits per heavy atom. The average molecular weight is 425 g/mol. The van der Waals surface area contributed by atoms with E-state index in [4.69, 9.17) is 0 Å². The van der Waals surface area contributed by atoms with Gasteiger partial charge >= 0.3 is 0 Å². The Labute approximate surface area is 193 Å². The van der Waals surface area contributed by atoms with Crippen molar-refractivity contribution >= 4 is 0 Å². The van der Waals surface area contributed by atoms with Crippen LogP contribution in [-0.2, 0) is 25.9 Å². The number of rotatable bonds is 9. The van der Waals surface area contributed by atoms with E-state index >= 15 is 0 Å². The summed E-state index contributed by atoms with van der Waals surface area (Å²) in [5.41, 5.74) is 5.36. The summed E-state index contributed by atoms with van der Waals surface area (Å²) in [6.07, 6.45) is 13.3. The summed E-state index contributed by atoms with van der Waals surface area (Å²) in [6, 6.07) is 30.3. The minimum absolute atomic E-state index is 1.05. The molecule has 32 heavy (non-hydrogen) atoms. The fourth-order valence-corrected chi connectivity index (χ4v) is 3.82. The van der Waals surface area contributed by atoms with Gasteiger partial charge in [0.05, 0.1) is 0 Å².